The van der Waals surface area contributed by atoms with Gasteiger partial charge in [0, 0.05) is 34.1 Å². The highest BCUT2D eigenvalue weighted by atomic mass is 15.1. The van der Waals surface area contributed by atoms with Gasteiger partial charge in [0.2, 0.25) is 0 Å². The van der Waals surface area contributed by atoms with E-state index in [1.165, 1.54) is 11.1 Å². The van der Waals surface area contributed by atoms with E-state index < -0.39 is 0 Å². The van der Waals surface area contributed by atoms with E-state index >= 15 is 0 Å². The van der Waals surface area contributed by atoms with Crippen molar-refractivity contribution in [2.45, 2.75) is 0 Å². The van der Waals surface area contributed by atoms with E-state index in [0.29, 0.717) is 0 Å². The fraction of sp³-hybridized carbons (Fsp3) is 0. The Kier molecular flexibility index (Phi) is 8.51. The van der Waals surface area contributed by atoms with E-state index in [4.69, 9.17) is 0 Å². The quantitative estimate of drug-likeness (QED) is 0.154. The monoisotopic (exact) mass is 590 g/mol. The maximum absolute atomic E-state index is 2.30. The molecule has 0 aliphatic carbocycles. The van der Waals surface area contributed by atoms with Crippen molar-refractivity contribution in [3.8, 4) is 11.1 Å². The average Bonchev–Trinajstić information content (AvgIpc) is 3.14. The van der Waals surface area contributed by atoms with Crippen LogP contribution >= 0.6 is 0 Å². The van der Waals surface area contributed by atoms with Crippen molar-refractivity contribution < 1.29 is 0 Å². The molecule has 0 aliphatic rings. The Bertz CT molecular complexity index is 1940. The van der Waals surface area contributed by atoms with Crippen LogP contribution in [-0.4, -0.2) is 0 Å². The van der Waals surface area contributed by atoms with Gasteiger partial charge in [0.15, 0.2) is 0 Å². The highest BCUT2D eigenvalue weighted by Crippen LogP contribution is 2.36. The summed E-state index contributed by atoms with van der Waals surface area (Å²) in [5.74, 6) is 0. The number of hydrogen-bond acceptors (Lipinski definition) is 2. The Hall–Kier alpha value is -6.12. The lowest BCUT2D eigenvalue weighted by Crippen LogP contribution is -2.09. The van der Waals surface area contributed by atoms with Crippen molar-refractivity contribution in [1.82, 2.24) is 0 Å². The first-order valence-corrected chi connectivity index (χ1v) is 15.6. The molecule has 0 spiro atoms. The summed E-state index contributed by atoms with van der Waals surface area (Å²) in [6.07, 6.45) is 4.35. The van der Waals surface area contributed by atoms with Gasteiger partial charge in [-0.15, -0.1) is 0 Å². The minimum absolute atomic E-state index is 1.11. The smallest absolute Gasteiger partial charge is 0.0462 e. The third-order valence-electron chi connectivity index (χ3n) is 8.05. The minimum atomic E-state index is 1.11. The molecule has 2 heteroatoms. The molecule has 0 N–H and O–H groups in total. The molecular weight excluding hydrogens is 556 g/mol. The van der Waals surface area contributed by atoms with Gasteiger partial charge in [-0.1, -0.05) is 133 Å². The molecule has 0 heterocycles. The van der Waals surface area contributed by atoms with Crippen molar-refractivity contribution in [2.75, 3.05) is 9.80 Å². The Balaban J connectivity index is 1.11. The van der Waals surface area contributed by atoms with E-state index in [0.717, 1.165) is 45.3 Å². The summed E-state index contributed by atoms with van der Waals surface area (Å²) in [5.41, 5.74) is 11.5. The molecule has 2 nitrogen and oxygen atoms in total. The molecule has 0 saturated carbocycles. The molecule has 0 aliphatic heterocycles. The van der Waals surface area contributed by atoms with Crippen molar-refractivity contribution in [3.05, 3.63) is 205 Å². The van der Waals surface area contributed by atoms with Gasteiger partial charge >= 0.3 is 0 Å². The number of para-hydroxylation sites is 3. The van der Waals surface area contributed by atoms with Gasteiger partial charge in [-0.25, -0.2) is 0 Å². The van der Waals surface area contributed by atoms with Gasteiger partial charge in [-0.3, -0.25) is 0 Å². The largest absolute Gasteiger partial charge is 0.311 e. The predicted molar refractivity (Wildman–Crippen MR) is 197 cm³/mol. The van der Waals surface area contributed by atoms with Crippen LogP contribution in [0.25, 0.3) is 23.3 Å². The highest BCUT2D eigenvalue weighted by Gasteiger charge is 2.13. The van der Waals surface area contributed by atoms with E-state index in [1.807, 2.05) is 0 Å². The highest BCUT2D eigenvalue weighted by molar-refractivity contribution is 5.81. The first-order chi connectivity index (χ1) is 22.8. The van der Waals surface area contributed by atoms with Gasteiger partial charge in [0.1, 0.15) is 0 Å². The SMILES string of the molecule is C(=C\c1ccc(N(c2ccccc2)c2ccc(-c3ccccc3)cc2)cc1)/c1ccc(N(c2ccccc2)c2ccccc2)cc1. The normalized spacial score (nSPS) is 11.0. The lowest BCUT2D eigenvalue weighted by Gasteiger charge is -2.25. The molecule has 0 saturated heterocycles. The van der Waals surface area contributed by atoms with Crippen molar-refractivity contribution >= 4 is 46.3 Å². The van der Waals surface area contributed by atoms with E-state index in [1.54, 1.807) is 0 Å². The van der Waals surface area contributed by atoms with E-state index in [2.05, 4.69) is 216 Å². The van der Waals surface area contributed by atoms with Gasteiger partial charge in [0.25, 0.3) is 0 Å². The van der Waals surface area contributed by atoms with Crippen molar-refractivity contribution in [3.63, 3.8) is 0 Å². The van der Waals surface area contributed by atoms with Crippen molar-refractivity contribution in [2.24, 2.45) is 0 Å². The molecule has 0 radical (unpaired) electrons. The van der Waals surface area contributed by atoms with Crippen LogP contribution in [-0.2, 0) is 0 Å². The molecule has 0 atom stereocenters. The minimum Gasteiger partial charge on any atom is -0.311 e. The first kappa shape index (κ1) is 28.6. The van der Waals surface area contributed by atoms with Crippen LogP contribution in [0.3, 0.4) is 0 Å². The summed E-state index contributed by atoms with van der Waals surface area (Å²) in [4.78, 5) is 4.58. The number of nitrogens with zero attached hydrogens (tertiary/aromatic N) is 2. The zero-order valence-corrected chi connectivity index (χ0v) is 25.5. The average molecular weight is 591 g/mol. The summed E-state index contributed by atoms with van der Waals surface area (Å²) in [7, 11) is 0. The standard InChI is InChI=1S/C44H34N2/c1-5-13-37(14-6-1)38-27-33-44(34-28-38)46(41-19-11-4-12-20-41)43-31-25-36(26-32-43)22-21-35-23-29-42(30-24-35)45(39-15-7-2-8-16-39)40-17-9-3-10-18-40/h1-34H/b22-21+. The van der Waals surface area contributed by atoms with Crippen LogP contribution in [0.15, 0.2) is 194 Å². The topological polar surface area (TPSA) is 6.48 Å². The van der Waals surface area contributed by atoms with Crippen molar-refractivity contribution in [1.29, 1.82) is 0 Å². The molecule has 0 aromatic heterocycles. The molecule has 0 bridgehead atoms. The number of hydrogen-bond donors (Lipinski definition) is 0. The molecule has 0 fully saturated rings. The second-order valence-electron chi connectivity index (χ2n) is 11.1. The van der Waals surface area contributed by atoms with Gasteiger partial charge in [-0.05, 0) is 95.1 Å². The predicted octanol–water partition coefficient (Wildman–Crippen LogP) is 12.5. The Morgan fingerprint density at radius 1 is 0.239 bits per heavy atom. The van der Waals surface area contributed by atoms with E-state index in [9.17, 15) is 0 Å². The summed E-state index contributed by atoms with van der Waals surface area (Å²) in [6.45, 7) is 0. The van der Waals surface area contributed by atoms with Crippen LogP contribution in [0.1, 0.15) is 11.1 Å². The second-order valence-corrected chi connectivity index (χ2v) is 11.1. The molecule has 7 aromatic carbocycles. The second kappa shape index (κ2) is 13.7. The van der Waals surface area contributed by atoms with Crippen LogP contribution in [0.5, 0.6) is 0 Å². The molecule has 7 rings (SSSR count). The summed E-state index contributed by atoms with van der Waals surface area (Å²) < 4.78 is 0. The van der Waals surface area contributed by atoms with Crippen LogP contribution < -0.4 is 9.80 Å². The third kappa shape index (κ3) is 6.52. The molecule has 0 unspecified atom stereocenters. The lowest BCUT2D eigenvalue weighted by molar-refractivity contribution is 1.28. The van der Waals surface area contributed by atoms with E-state index in [-0.39, 0.29) is 0 Å². The number of anilines is 6. The summed E-state index contributed by atoms with van der Waals surface area (Å²) in [5, 5.41) is 0. The first-order valence-electron chi connectivity index (χ1n) is 15.6. The molecular formula is C44H34N2. The van der Waals surface area contributed by atoms with Crippen LogP contribution in [0, 0.1) is 0 Å². The lowest BCUT2D eigenvalue weighted by atomic mass is 10.0. The van der Waals surface area contributed by atoms with Crippen LogP contribution in [0.2, 0.25) is 0 Å². The van der Waals surface area contributed by atoms with Crippen LogP contribution in [0.4, 0.5) is 34.1 Å². The van der Waals surface area contributed by atoms with Gasteiger partial charge in [0.05, 0.1) is 0 Å². The number of benzene rings is 7. The summed E-state index contributed by atoms with van der Waals surface area (Å²) in [6, 6.07) is 68.3. The summed E-state index contributed by atoms with van der Waals surface area (Å²) >= 11 is 0. The Labute approximate surface area is 271 Å². The Morgan fingerprint density at radius 2 is 0.500 bits per heavy atom. The maximum Gasteiger partial charge on any atom is 0.0462 e. The fourth-order valence-corrected chi connectivity index (χ4v) is 5.72. The zero-order valence-electron chi connectivity index (χ0n) is 25.5. The molecule has 46 heavy (non-hydrogen) atoms. The van der Waals surface area contributed by atoms with Gasteiger partial charge in [-0.2, -0.15) is 0 Å². The number of rotatable bonds is 9. The Morgan fingerprint density at radius 3 is 0.848 bits per heavy atom. The zero-order chi connectivity index (χ0) is 31.0. The maximum atomic E-state index is 2.30. The fourth-order valence-electron chi connectivity index (χ4n) is 5.72. The molecule has 0 amide bonds. The van der Waals surface area contributed by atoms with Gasteiger partial charge < -0.3 is 9.80 Å². The third-order valence-corrected chi connectivity index (χ3v) is 8.05. The molecule has 7 aromatic rings. The molecule has 220 valence electrons.